The van der Waals surface area contributed by atoms with E-state index in [1.54, 1.807) is 0 Å². The summed E-state index contributed by atoms with van der Waals surface area (Å²) in [4.78, 5) is 3.66. The summed E-state index contributed by atoms with van der Waals surface area (Å²) >= 11 is 0. The van der Waals surface area contributed by atoms with E-state index >= 15 is 17.6 Å². The minimum Gasteiger partial charge on any atom is -0.307 e. The van der Waals surface area contributed by atoms with Crippen LogP contribution in [0, 0.1) is 23.3 Å². The fraction of sp³-hybridized carbons (Fsp3) is 0.0857. The Kier molecular flexibility index (Phi) is 12.7. The highest BCUT2D eigenvalue weighted by atomic mass is 28.3. The molecule has 0 saturated heterocycles. The molecule has 0 spiro atoms. The second kappa shape index (κ2) is 19.8. The number of benzene rings is 12. The van der Waals surface area contributed by atoms with Gasteiger partial charge in [0.2, 0.25) is 0 Å². The molecule has 0 fully saturated rings. The lowest BCUT2D eigenvalue weighted by atomic mass is 9.91. The van der Waals surface area contributed by atoms with E-state index in [0.29, 0.717) is 33.9 Å². The molecule has 0 radical (unpaired) electrons. The van der Waals surface area contributed by atoms with E-state index in [4.69, 9.17) is 0 Å². The van der Waals surface area contributed by atoms with Crippen LogP contribution in [0.4, 0.5) is 51.7 Å². The van der Waals surface area contributed by atoms with E-state index < -0.39 is 39.4 Å². The average Bonchev–Trinajstić information content (AvgIpc) is 3.57. The molecule has 0 unspecified atom stereocenters. The van der Waals surface area contributed by atoms with Gasteiger partial charge >= 0.3 is 0 Å². The zero-order valence-corrected chi connectivity index (χ0v) is 46.3. The van der Waals surface area contributed by atoms with Crippen LogP contribution in [0.5, 0.6) is 0 Å². The summed E-state index contributed by atoms with van der Waals surface area (Å²) in [6, 6.07) is 72.4. The van der Waals surface area contributed by atoms with Crippen molar-refractivity contribution in [3.05, 3.63) is 254 Å². The van der Waals surface area contributed by atoms with Gasteiger partial charge in [-0.2, -0.15) is 0 Å². The highest BCUT2D eigenvalue weighted by molar-refractivity contribution is 6.89. The zero-order chi connectivity index (χ0) is 54.0. The van der Waals surface area contributed by atoms with Crippen LogP contribution in [0.15, 0.2) is 231 Å². The van der Waals surface area contributed by atoms with Gasteiger partial charge in [0.25, 0.3) is 0 Å². The number of halogens is 4. The first-order valence-electron chi connectivity index (χ1n) is 26.4. The summed E-state index contributed by atoms with van der Waals surface area (Å²) < 4.78 is 69.3. The van der Waals surface area contributed by atoms with E-state index in [0.717, 1.165) is 54.6 Å². The fourth-order valence-electron chi connectivity index (χ4n) is 11.2. The van der Waals surface area contributed by atoms with Crippen LogP contribution in [0.2, 0.25) is 39.3 Å². The molecule has 382 valence electrons. The number of hydrogen-bond acceptors (Lipinski definition) is 2. The molecule has 0 aliphatic rings. The summed E-state index contributed by atoms with van der Waals surface area (Å²) in [5, 5.41) is 7.74. The molecule has 0 aliphatic heterocycles. The van der Waals surface area contributed by atoms with Gasteiger partial charge < -0.3 is 9.80 Å². The summed E-state index contributed by atoms with van der Waals surface area (Å²) in [6.07, 6.45) is 0. The molecular weight excluding hydrogens is 1000 g/mol. The predicted octanol–water partition coefficient (Wildman–Crippen LogP) is 19.8. The van der Waals surface area contributed by atoms with Crippen LogP contribution < -0.4 is 20.2 Å². The Morgan fingerprint density at radius 2 is 0.615 bits per heavy atom. The first-order valence-corrected chi connectivity index (χ1v) is 33.4. The van der Waals surface area contributed by atoms with Crippen LogP contribution in [0.25, 0.3) is 76.8 Å². The molecule has 8 heteroatoms. The molecule has 12 aromatic rings. The van der Waals surface area contributed by atoms with Crippen molar-refractivity contribution in [2.45, 2.75) is 39.3 Å². The maximum Gasteiger partial charge on any atom is 0.148 e. The SMILES string of the molecule is C[Si](C)(C)c1ccc(N(c2cc(F)c(-c3ccccc3-c3ccccc3)cc2F)c2ccc3ccc4c(N(c5ccc([Si](C)(C)C)cc5)c5cc(F)c(-c6ccccc6-c6ccccc6)cc5F)ccc5ccc2c3c54)cc1. The highest BCUT2D eigenvalue weighted by Gasteiger charge is 2.28. The van der Waals surface area contributed by atoms with Crippen LogP contribution in [0.3, 0.4) is 0 Å². The van der Waals surface area contributed by atoms with E-state index in [2.05, 4.69) is 87.8 Å². The van der Waals surface area contributed by atoms with Crippen molar-refractivity contribution in [2.24, 2.45) is 0 Å². The second-order valence-electron chi connectivity index (χ2n) is 22.2. The molecular formula is C70H56F4N2Si2. The summed E-state index contributed by atoms with van der Waals surface area (Å²) in [5.41, 5.74) is 7.65. The summed E-state index contributed by atoms with van der Waals surface area (Å²) in [7, 11) is -3.50. The van der Waals surface area contributed by atoms with E-state index in [-0.39, 0.29) is 22.5 Å². The molecule has 0 aliphatic carbocycles. The number of nitrogens with zero attached hydrogens (tertiary/aromatic N) is 2. The molecule has 0 heterocycles. The zero-order valence-electron chi connectivity index (χ0n) is 44.3. The topological polar surface area (TPSA) is 6.48 Å². The number of rotatable bonds is 12. The van der Waals surface area contributed by atoms with Gasteiger partial charge in [-0.15, -0.1) is 0 Å². The molecule has 0 atom stereocenters. The predicted molar refractivity (Wildman–Crippen MR) is 327 cm³/mol. The normalized spacial score (nSPS) is 12.0. The molecule has 0 aromatic heterocycles. The Labute approximate surface area is 455 Å². The lowest BCUT2D eigenvalue weighted by Gasteiger charge is -2.30. The first kappa shape index (κ1) is 50.3. The van der Waals surface area contributed by atoms with Gasteiger partial charge in [-0.05, 0) is 103 Å². The molecule has 12 rings (SSSR count). The van der Waals surface area contributed by atoms with E-state index in [1.807, 2.05) is 168 Å². The molecule has 0 amide bonds. The third-order valence-corrected chi connectivity index (χ3v) is 19.4. The van der Waals surface area contributed by atoms with Crippen molar-refractivity contribution in [1.29, 1.82) is 0 Å². The van der Waals surface area contributed by atoms with Gasteiger partial charge in [0.05, 0.1) is 38.9 Å². The second-order valence-corrected chi connectivity index (χ2v) is 32.4. The lowest BCUT2D eigenvalue weighted by Crippen LogP contribution is -2.37. The lowest BCUT2D eigenvalue weighted by molar-refractivity contribution is 0.604. The van der Waals surface area contributed by atoms with E-state index in [1.165, 1.54) is 34.6 Å². The van der Waals surface area contributed by atoms with Gasteiger partial charge in [-0.25, -0.2) is 17.6 Å². The summed E-state index contributed by atoms with van der Waals surface area (Å²) in [6.45, 7) is 13.7. The molecule has 0 saturated carbocycles. The fourth-order valence-corrected chi connectivity index (χ4v) is 13.5. The van der Waals surface area contributed by atoms with Gasteiger partial charge in [0.15, 0.2) is 0 Å². The van der Waals surface area contributed by atoms with Gasteiger partial charge in [-0.3, -0.25) is 0 Å². The Bertz CT molecular complexity index is 3930. The molecule has 12 aromatic carbocycles. The monoisotopic (exact) mass is 1060 g/mol. The number of anilines is 6. The maximum atomic E-state index is 17.5. The van der Waals surface area contributed by atoms with Gasteiger partial charge in [0, 0.05) is 45.4 Å². The van der Waals surface area contributed by atoms with Crippen molar-refractivity contribution in [3.8, 4) is 44.5 Å². The van der Waals surface area contributed by atoms with Crippen LogP contribution in [0.1, 0.15) is 0 Å². The van der Waals surface area contributed by atoms with Crippen molar-refractivity contribution >= 4 is 93.0 Å². The van der Waals surface area contributed by atoms with Crippen molar-refractivity contribution in [2.75, 3.05) is 9.80 Å². The highest BCUT2D eigenvalue weighted by Crippen LogP contribution is 2.50. The van der Waals surface area contributed by atoms with E-state index in [9.17, 15) is 0 Å². The maximum absolute atomic E-state index is 17.5. The van der Waals surface area contributed by atoms with Crippen LogP contribution >= 0.6 is 0 Å². The van der Waals surface area contributed by atoms with Crippen molar-refractivity contribution < 1.29 is 17.6 Å². The standard InChI is InChI=1S/C70H56F4N2Si2/c1-77(2,3)51-33-29-49(30-34-51)75(67-43-61(71)59(41-63(67)73)55-23-15-13-21-53(55)45-17-9-7-10-18-45)65-39-27-47-26-38-58-66(40-28-48-25-37-57(65)69(47)70(48)58)76(50-31-35-52(36-32-50)78(4,5)6)68-44-62(72)60(42-64(68)74)56-24-16-14-22-54(56)46-19-11-8-12-20-46/h7-44H,1-6H3. The van der Waals surface area contributed by atoms with Crippen molar-refractivity contribution in [1.82, 2.24) is 0 Å². The van der Waals surface area contributed by atoms with Crippen molar-refractivity contribution in [3.63, 3.8) is 0 Å². The van der Waals surface area contributed by atoms with Gasteiger partial charge in [0.1, 0.15) is 23.3 Å². The molecule has 0 bridgehead atoms. The minimum atomic E-state index is -1.75. The Morgan fingerprint density at radius 1 is 0.282 bits per heavy atom. The molecule has 78 heavy (non-hydrogen) atoms. The third kappa shape index (κ3) is 9.04. The quantitative estimate of drug-likeness (QED) is 0.0683. The smallest absolute Gasteiger partial charge is 0.148 e. The average molecular weight is 1060 g/mol. The van der Waals surface area contributed by atoms with Crippen LogP contribution in [-0.2, 0) is 0 Å². The largest absolute Gasteiger partial charge is 0.307 e. The molecule has 2 nitrogen and oxygen atoms in total. The Hall–Kier alpha value is -8.57. The van der Waals surface area contributed by atoms with Crippen LogP contribution in [-0.4, -0.2) is 16.1 Å². The summed E-state index contributed by atoms with van der Waals surface area (Å²) in [5.74, 6) is -2.29. The Morgan fingerprint density at radius 3 is 0.974 bits per heavy atom. The Balaban J connectivity index is 1.05. The molecule has 0 N–H and O–H groups in total. The number of hydrogen-bond donors (Lipinski definition) is 0. The minimum absolute atomic E-state index is 0.0604. The first-order chi connectivity index (χ1) is 37.6. The van der Waals surface area contributed by atoms with Gasteiger partial charge in [-0.1, -0.05) is 220 Å². The third-order valence-electron chi connectivity index (χ3n) is 15.2.